The fraction of sp³-hybridized carbons (Fsp3) is 0.0196. The van der Waals surface area contributed by atoms with E-state index in [1.807, 2.05) is 0 Å². The molecule has 9 aromatic rings. The Bertz CT molecular complexity index is 2810. The van der Waals surface area contributed by atoms with Crippen LogP contribution in [0.5, 0.6) is 11.5 Å². The molecular formula is C51H32O. The van der Waals surface area contributed by atoms with E-state index >= 15 is 0 Å². The van der Waals surface area contributed by atoms with Gasteiger partial charge in [0.05, 0.1) is 5.41 Å². The summed E-state index contributed by atoms with van der Waals surface area (Å²) in [6, 6.07) is 71.2. The van der Waals surface area contributed by atoms with Crippen LogP contribution < -0.4 is 4.74 Å². The maximum absolute atomic E-state index is 6.49. The summed E-state index contributed by atoms with van der Waals surface area (Å²) in [7, 11) is 0. The van der Waals surface area contributed by atoms with E-state index in [9.17, 15) is 0 Å². The largest absolute Gasteiger partial charge is 0.456 e. The zero-order chi connectivity index (χ0) is 34.2. The molecule has 0 unspecified atom stereocenters. The summed E-state index contributed by atoms with van der Waals surface area (Å²) >= 11 is 0. The molecule has 0 radical (unpaired) electrons. The van der Waals surface area contributed by atoms with Gasteiger partial charge in [-0.1, -0.05) is 170 Å². The summed E-state index contributed by atoms with van der Waals surface area (Å²) in [6.07, 6.45) is 0. The fourth-order valence-electron chi connectivity index (χ4n) is 9.15. The van der Waals surface area contributed by atoms with Crippen molar-refractivity contribution in [2.45, 2.75) is 5.41 Å². The van der Waals surface area contributed by atoms with Gasteiger partial charge in [-0.05, 0) is 102 Å². The first-order valence-electron chi connectivity index (χ1n) is 18.0. The molecule has 11 rings (SSSR count). The highest BCUT2D eigenvalue weighted by atomic mass is 16.5. The number of hydrogen-bond acceptors (Lipinski definition) is 1. The van der Waals surface area contributed by atoms with Crippen LogP contribution >= 0.6 is 0 Å². The highest BCUT2D eigenvalue weighted by molar-refractivity contribution is 6.07. The van der Waals surface area contributed by atoms with Gasteiger partial charge in [0.1, 0.15) is 11.5 Å². The molecule has 0 bridgehead atoms. The fourth-order valence-corrected chi connectivity index (χ4v) is 9.15. The van der Waals surface area contributed by atoms with Gasteiger partial charge in [0.15, 0.2) is 0 Å². The van der Waals surface area contributed by atoms with Gasteiger partial charge in [-0.2, -0.15) is 0 Å². The van der Waals surface area contributed by atoms with Gasteiger partial charge in [0.25, 0.3) is 0 Å². The van der Waals surface area contributed by atoms with Crippen molar-refractivity contribution in [3.05, 3.63) is 216 Å². The van der Waals surface area contributed by atoms with Crippen LogP contribution in [0.1, 0.15) is 22.3 Å². The zero-order valence-corrected chi connectivity index (χ0v) is 28.4. The Morgan fingerprint density at radius 3 is 1.75 bits per heavy atom. The second kappa shape index (κ2) is 11.2. The van der Waals surface area contributed by atoms with Crippen molar-refractivity contribution in [3.63, 3.8) is 0 Å². The highest BCUT2D eigenvalue weighted by Crippen LogP contribution is 2.59. The Labute approximate surface area is 303 Å². The number of fused-ring (bicyclic) bond motifs is 7. The van der Waals surface area contributed by atoms with Crippen LogP contribution in [-0.2, 0) is 5.41 Å². The highest BCUT2D eigenvalue weighted by Gasteiger charge is 2.47. The third-order valence-electron chi connectivity index (χ3n) is 11.3. The lowest BCUT2D eigenvalue weighted by Crippen LogP contribution is -2.29. The second-order valence-corrected chi connectivity index (χ2v) is 14.0. The van der Waals surface area contributed by atoms with Crippen molar-refractivity contribution < 1.29 is 4.74 Å². The van der Waals surface area contributed by atoms with E-state index in [-0.39, 0.29) is 0 Å². The van der Waals surface area contributed by atoms with E-state index in [1.165, 1.54) is 82.7 Å². The van der Waals surface area contributed by atoms with Crippen LogP contribution in [0.4, 0.5) is 0 Å². The standard InChI is InChI=1S/C51H32O/c1-4-13-33(14-5-1)39-21-12-23-43-40(39)28-29-44-41-27-25-36(32-46(41)51(50(43)44,37-17-6-2-7-18-37)38-19-8-3-9-20-38)35-26-30-47-45(31-35)42-22-10-15-34-16-11-24-48(52-47)49(34)42/h1-32H. The van der Waals surface area contributed by atoms with Crippen molar-refractivity contribution >= 4 is 21.5 Å². The summed E-state index contributed by atoms with van der Waals surface area (Å²) in [4.78, 5) is 0. The van der Waals surface area contributed by atoms with Gasteiger partial charge in [-0.15, -0.1) is 0 Å². The lowest BCUT2D eigenvalue weighted by molar-refractivity contribution is 0.487. The quantitative estimate of drug-likeness (QED) is 0.183. The van der Waals surface area contributed by atoms with Crippen LogP contribution in [0, 0.1) is 0 Å². The third-order valence-corrected chi connectivity index (χ3v) is 11.3. The molecule has 0 atom stereocenters. The summed E-state index contributed by atoms with van der Waals surface area (Å²) in [5, 5.41) is 4.91. The Morgan fingerprint density at radius 1 is 0.346 bits per heavy atom. The molecule has 1 aliphatic carbocycles. The number of benzene rings is 9. The number of hydrogen-bond donors (Lipinski definition) is 0. The molecule has 1 heteroatoms. The SMILES string of the molecule is c1ccc(-c2cccc3c4c(ccc23)-c2ccc(-c3ccc5c(c3)-c3cccc6cccc(c36)O5)cc2C4(c2ccccc2)c2ccccc2)cc1. The minimum atomic E-state index is -0.542. The number of ether oxygens (including phenoxy) is 1. The van der Waals surface area contributed by atoms with Crippen LogP contribution in [-0.4, -0.2) is 0 Å². The molecule has 0 spiro atoms. The van der Waals surface area contributed by atoms with E-state index in [4.69, 9.17) is 4.74 Å². The van der Waals surface area contributed by atoms with Gasteiger partial charge in [-0.25, -0.2) is 0 Å². The van der Waals surface area contributed by atoms with Crippen LogP contribution in [0.2, 0.25) is 0 Å². The lowest BCUT2D eigenvalue weighted by atomic mass is 9.66. The monoisotopic (exact) mass is 660 g/mol. The molecule has 2 aliphatic rings. The molecule has 0 saturated heterocycles. The van der Waals surface area contributed by atoms with E-state index < -0.39 is 5.41 Å². The van der Waals surface area contributed by atoms with Crippen molar-refractivity contribution in [1.29, 1.82) is 0 Å². The molecule has 52 heavy (non-hydrogen) atoms. The minimum absolute atomic E-state index is 0.542. The van der Waals surface area contributed by atoms with Crippen LogP contribution in [0.3, 0.4) is 0 Å². The van der Waals surface area contributed by atoms with Crippen molar-refractivity contribution in [1.82, 2.24) is 0 Å². The molecule has 1 heterocycles. The molecule has 0 saturated carbocycles. The summed E-state index contributed by atoms with van der Waals surface area (Å²) in [6.45, 7) is 0. The Morgan fingerprint density at radius 2 is 0.981 bits per heavy atom. The van der Waals surface area contributed by atoms with Gasteiger partial charge >= 0.3 is 0 Å². The van der Waals surface area contributed by atoms with Crippen molar-refractivity contribution in [2.24, 2.45) is 0 Å². The maximum atomic E-state index is 6.49. The zero-order valence-electron chi connectivity index (χ0n) is 28.4. The van der Waals surface area contributed by atoms with Gasteiger partial charge < -0.3 is 4.74 Å². The molecule has 0 N–H and O–H groups in total. The van der Waals surface area contributed by atoms with E-state index in [0.29, 0.717) is 0 Å². The minimum Gasteiger partial charge on any atom is -0.456 e. The van der Waals surface area contributed by atoms with Gasteiger partial charge in [0.2, 0.25) is 0 Å². The predicted octanol–water partition coefficient (Wildman–Crippen LogP) is 13.5. The van der Waals surface area contributed by atoms with Crippen molar-refractivity contribution in [3.8, 4) is 56.0 Å². The molecule has 1 aliphatic heterocycles. The van der Waals surface area contributed by atoms with E-state index in [0.717, 1.165) is 17.1 Å². The molecule has 1 nitrogen and oxygen atoms in total. The molecule has 0 amide bonds. The van der Waals surface area contributed by atoms with Gasteiger partial charge in [0, 0.05) is 10.9 Å². The first-order valence-corrected chi connectivity index (χ1v) is 18.0. The predicted molar refractivity (Wildman–Crippen MR) is 215 cm³/mol. The summed E-state index contributed by atoms with van der Waals surface area (Å²) in [5.74, 6) is 1.81. The van der Waals surface area contributed by atoms with Crippen LogP contribution in [0.15, 0.2) is 194 Å². The topological polar surface area (TPSA) is 9.23 Å². The van der Waals surface area contributed by atoms with E-state index in [2.05, 4.69) is 194 Å². The van der Waals surface area contributed by atoms with Gasteiger partial charge in [-0.3, -0.25) is 0 Å². The van der Waals surface area contributed by atoms with Crippen LogP contribution in [0.25, 0.3) is 66.1 Å². The molecule has 9 aromatic carbocycles. The molecular weight excluding hydrogens is 629 g/mol. The normalized spacial score (nSPS) is 13.3. The first kappa shape index (κ1) is 29.1. The second-order valence-electron chi connectivity index (χ2n) is 14.0. The molecule has 0 fully saturated rings. The summed E-state index contributed by atoms with van der Waals surface area (Å²) in [5.41, 5.74) is 14.4. The Kier molecular flexibility index (Phi) is 6.23. The molecule has 0 aromatic heterocycles. The average Bonchev–Trinajstić information content (AvgIpc) is 3.52. The average molecular weight is 661 g/mol. The van der Waals surface area contributed by atoms with Crippen molar-refractivity contribution in [2.75, 3.05) is 0 Å². The van der Waals surface area contributed by atoms with E-state index in [1.54, 1.807) is 0 Å². The third kappa shape index (κ3) is 4.05. The number of rotatable bonds is 4. The smallest absolute Gasteiger partial charge is 0.135 e. The summed E-state index contributed by atoms with van der Waals surface area (Å²) < 4.78 is 6.49. The molecule has 242 valence electrons. The Balaban J connectivity index is 1.19. The lowest BCUT2D eigenvalue weighted by Gasteiger charge is -2.35. The maximum Gasteiger partial charge on any atom is 0.135 e. The Hall–Kier alpha value is -6.70. The first-order chi connectivity index (χ1) is 25.8.